The SMILES string of the molecule is CC(=O)O[C@H]1CCc2cc(c(O)c3c2CC[C@@H]2CCC[C@H]2O3)CN2C[C@@](Cc3ccccc3)(CCN=C(N)NC3(CCCC3)SSCCCCCC[C@H](O)C1)CC2=O. The molecule has 5 atom stereocenters. The molecule has 0 aromatic heterocycles. The van der Waals surface area contributed by atoms with Crippen LogP contribution in [0, 0.1) is 11.3 Å². The molecule has 3 heterocycles. The van der Waals surface area contributed by atoms with E-state index < -0.39 is 12.2 Å². The number of nitrogens with one attached hydrogen (secondary N) is 1. The molecule has 10 nitrogen and oxygen atoms in total. The van der Waals surface area contributed by atoms with Crippen LogP contribution in [0.4, 0.5) is 0 Å². The molecule has 2 saturated carbocycles. The van der Waals surface area contributed by atoms with Gasteiger partial charge in [0.05, 0.1) is 11.0 Å². The third kappa shape index (κ3) is 11.2. The number of guanidine groups is 1. The molecule has 1 saturated heterocycles. The van der Waals surface area contributed by atoms with E-state index in [1.807, 2.05) is 32.6 Å². The predicted octanol–water partition coefficient (Wildman–Crippen LogP) is 8.37. The summed E-state index contributed by atoms with van der Waals surface area (Å²) in [6.45, 7) is 2.77. The number of hydrogen-bond acceptors (Lipinski definition) is 11. The molecule has 12 heteroatoms. The first-order chi connectivity index (χ1) is 28.1. The molecule has 3 fully saturated rings. The molecule has 2 aromatic carbocycles. The summed E-state index contributed by atoms with van der Waals surface area (Å²) in [4.78, 5) is 33.1. The van der Waals surface area contributed by atoms with Crippen molar-refractivity contribution in [3.8, 4) is 11.5 Å². The number of phenols is 1. The highest BCUT2D eigenvalue weighted by atomic mass is 33.1. The summed E-state index contributed by atoms with van der Waals surface area (Å²) in [6, 6.07) is 12.5. The van der Waals surface area contributed by atoms with E-state index in [4.69, 9.17) is 20.2 Å². The van der Waals surface area contributed by atoms with Crippen LogP contribution in [0.25, 0.3) is 0 Å². The van der Waals surface area contributed by atoms with Gasteiger partial charge >= 0.3 is 5.97 Å². The number of ether oxygens (including phenoxy) is 2. The highest BCUT2D eigenvalue weighted by Gasteiger charge is 2.44. The standard InChI is InChI=1S/C46H66N4O6S2/c1-32(51)55-38-19-17-35-26-36(42(54)43-39(35)20-18-34-14-11-16-40(34)56-43)30-50-31-45(29-41(50)53,28-33-12-5-4-6-13-33)23-24-48-44(47)49-46(21-8-9-22-46)58-57-25-10-3-2-7-15-37(52)27-38/h4-6,12-13,26,34,37-38,40,52,54H,2-3,7-11,14-25,27-31H2,1H3,(H3,47,48,49)/t34-,37-,38-,40+,45+/m0/s1. The zero-order chi connectivity index (χ0) is 40.5. The summed E-state index contributed by atoms with van der Waals surface area (Å²) in [7, 11) is 3.82. The average Bonchev–Trinajstić information content (AvgIpc) is 3.88. The van der Waals surface area contributed by atoms with Crippen molar-refractivity contribution in [2.75, 3.05) is 18.8 Å². The second kappa shape index (κ2) is 20.0. The molecule has 318 valence electrons. The van der Waals surface area contributed by atoms with Gasteiger partial charge in [0.1, 0.15) is 12.2 Å². The molecule has 0 radical (unpaired) electrons. The largest absolute Gasteiger partial charge is 0.504 e. The number of aliphatic imine (C=N–C) groups is 1. The van der Waals surface area contributed by atoms with Crippen molar-refractivity contribution in [2.45, 2.75) is 165 Å². The van der Waals surface area contributed by atoms with E-state index in [0.717, 1.165) is 93.9 Å². The fourth-order valence-corrected chi connectivity index (χ4v) is 13.5. The fourth-order valence-electron chi connectivity index (χ4n) is 10.4. The smallest absolute Gasteiger partial charge is 0.302 e. The van der Waals surface area contributed by atoms with E-state index in [0.29, 0.717) is 74.8 Å². The number of nitrogens with two attached hydrogens (primary N) is 1. The van der Waals surface area contributed by atoms with E-state index in [2.05, 4.69) is 35.6 Å². The Morgan fingerprint density at radius 3 is 2.62 bits per heavy atom. The number of hydrogen-bond donors (Lipinski definition) is 4. The molecule has 1 amide bonds. The third-order valence-corrected chi connectivity index (χ3v) is 16.6. The first-order valence-electron chi connectivity index (χ1n) is 22.2. The van der Waals surface area contributed by atoms with Gasteiger partial charge in [-0.25, -0.2) is 0 Å². The number of aliphatic hydroxyl groups excluding tert-OH is 1. The first kappa shape index (κ1) is 43.0. The average molecular weight is 835 g/mol. The normalized spacial score (nSPS) is 29.0. The van der Waals surface area contributed by atoms with Crippen LogP contribution >= 0.6 is 21.6 Å². The summed E-state index contributed by atoms with van der Waals surface area (Å²) in [5.41, 5.74) is 10.2. The summed E-state index contributed by atoms with van der Waals surface area (Å²) in [5.74, 6) is 2.42. The summed E-state index contributed by atoms with van der Waals surface area (Å²) in [6.07, 6.45) is 16.9. The second-order valence-electron chi connectivity index (χ2n) is 17.9. The van der Waals surface area contributed by atoms with Gasteiger partial charge in [-0.2, -0.15) is 0 Å². The van der Waals surface area contributed by atoms with Gasteiger partial charge in [-0.05, 0) is 107 Å². The number of esters is 1. The number of phenolic OH excluding ortho intramolecular Hbond substituents is 1. The summed E-state index contributed by atoms with van der Waals surface area (Å²) < 4.78 is 12.6. The van der Waals surface area contributed by atoms with Gasteiger partial charge in [-0.1, -0.05) is 84.0 Å². The Kier molecular flexibility index (Phi) is 14.8. The number of fused-ring (bicyclic) bond motifs is 7. The molecule has 2 aliphatic carbocycles. The van der Waals surface area contributed by atoms with Crippen molar-refractivity contribution in [2.24, 2.45) is 22.1 Å². The zero-order valence-corrected chi connectivity index (χ0v) is 36.2. The number of aromatic hydroxyl groups is 1. The van der Waals surface area contributed by atoms with Crippen LogP contribution < -0.4 is 15.8 Å². The van der Waals surface area contributed by atoms with Crippen molar-refractivity contribution >= 4 is 39.4 Å². The number of carbonyl (C=O) groups is 2. The van der Waals surface area contributed by atoms with Crippen molar-refractivity contribution in [3.63, 3.8) is 0 Å². The lowest BCUT2D eigenvalue weighted by atomic mass is 9.78. The van der Waals surface area contributed by atoms with Crippen LogP contribution in [-0.2, 0) is 40.1 Å². The molecule has 3 aliphatic heterocycles. The highest BCUT2D eigenvalue weighted by Crippen LogP contribution is 2.48. The van der Waals surface area contributed by atoms with Crippen LogP contribution in [0.3, 0.4) is 0 Å². The van der Waals surface area contributed by atoms with Crippen molar-refractivity contribution < 1.29 is 29.3 Å². The lowest BCUT2D eigenvalue weighted by molar-refractivity contribution is -0.148. The summed E-state index contributed by atoms with van der Waals surface area (Å²) in [5, 5.41) is 26.8. The highest BCUT2D eigenvalue weighted by molar-refractivity contribution is 8.77. The van der Waals surface area contributed by atoms with Crippen molar-refractivity contribution in [1.82, 2.24) is 10.2 Å². The molecular weight excluding hydrogens is 769 g/mol. The molecule has 58 heavy (non-hydrogen) atoms. The maximum atomic E-state index is 14.1. The Labute approximate surface area is 353 Å². The van der Waals surface area contributed by atoms with E-state index in [9.17, 15) is 19.8 Å². The van der Waals surface area contributed by atoms with Crippen LogP contribution in [0.1, 0.15) is 138 Å². The van der Waals surface area contributed by atoms with Gasteiger partial charge < -0.3 is 35.6 Å². The molecule has 1 spiro atoms. The van der Waals surface area contributed by atoms with Crippen LogP contribution in [0.5, 0.6) is 11.5 Å². The lowest BCUT2D eigenvalue weighted by Gasteiger charge is -2.30. The Bertz CT molecular complexity index is 1740. The number of aryl methyl sites for hydroxylation is 1. The Balaban J connectivity index is 1.18. The number of carbonyl (C=O) groups excluding carboxylic acids is 2. The molecular formula is C46H66N4O6S2. The van der Waals surface area contributed by atoms with E-state index >= 15 is 0 Å². The minimum Gasteiger partial charge on any atom is -0.504 e. The lowest BCUT2D eigenvalue weighted by Crippen LogP contribution is -2.47. The molecule has 7 rings (SSSR count). The van der Waals surface area contributed by atoms with Crippen molar-refractivity contribution in [3.05, 3.63) is 58.7 Å². The maximum Gasteiger partial charge on any atom is 0.302 e. The maximum absolute atomic E-state index is 14.1. The number of amides is 1. The molecule has 5 N–H and O–H groups in total. The topological polar surface area (TPSA) is 147 Å². The van der Waals surface area contributed by atoms with Crippen LogP contribution in [0.15, 0.2) is 41.4 Å². The molecule has 5 aliphatic rings. The second-order valence-corrected chi connectivity index (χ2v) is 20.7. The third-order valence-electron chi connectivity index (χ3n) is 13.4. The van der Waals surface area contributed by atoms with Gasteiger partial charge in [-0.15, -0.1) is 0 Å². The Morgan fingerprint density at radius 1 is 1.00 bits per heavy atom. The van der Waals surface area contributed by atoms with E-state index in [1.54, 1.807) is 0 Å². The van der Waals surface area contributed by atoms with Crippen LogP contribution in [-0.4, -0.2) is 75.0 Å². The molecule has 2 aromatic rings. The van der Waals surface area contributed by atoms with Gasteiger partial charge in [0.25, 0.3) is 0 Å². The van der Waals surface area contributed by atoms with E-state index in [-0.39, 0.29) is 40.6 Å². The van der Waals surface area contributed by atoms with Crippen molar-refractivity contribution in [1.29, 1.82) is 0 Å². The van der Waals surface area contributed by atoms with Gasteiger partial charge in [0.15, 0.2) is 17.5 Å². The number of nitrogens with zero attached hydrogens (tertiary/aromatic N) is 2. The number of rotatable bonds is 3. The van der Waals surface area contributed by atoms with Gasteiger partial charge in [-0.3, -0.25) is 14.6 Å². The monoisotopic (exact) mass is 834 g/mol. The minimum absolute atomic E-state index is 0.0678. The van der Waals surface area contributed by atoms with E-state index in [1.165, 1.54) is 25.3 Å². The quantitative estimate of drug-likeness (QED) is 0.176. The van der Waals surface area contributed by atoms with Gasteiger partial charge in [0.2, 0.25) is 5.91 Å². The fraction of sp³-hybridized carbons (Fsp3) is 0.674. The Morgan fingerprint density at radius 2 is 1.81 bits per heavy atom. The Hall–Kier alpha value is -3.09. The van der Waals surface area contributed by atoms with Crippen LogP contribution in [0.2, 0.25) is 0 Å². The number of aliphatic hydroxyl groups is 1. The minimum atomic E-state index is -0.555. The molecule has 4 bridgehead atoms. The number of benzene rings is 2. The summed E-state index contributed by atoms with van der Waals surface area (Å²) >= 11 is 0. The predicted molar refractivity (Wildman–Crippen MR) is 234 cm³/mol. The zero-order valence-electron chi connectivity index (χ0n) is 34.6. The first-order valence-corrected chi connectivity index (χ1v) is 24.5. The molecule has 0 unspecified atom stereocenters. The van der Waals surface area contributed by atoms with Gasteiger partial charge in [0, 0.05) is 61.7 Å².